The van der Waals surface area contributed by atoms with Gasteiger partial charge in [0.15, 0.2) is 5.66 Å². The molecule has 3 rings (SSSR count). The lowest BCUT2D eigenvalue weighted by atomic mass is 10.1. The molecule has 0 unspecified atom stereocenters. The van der Waals surface area contributed by atoms with Crippen LogP contribution in [0.2, 0.25) is 0 Å². The molecule has 1 aromatic rings. The monoisotopic (exact) mass is 375 g/mol. The summed E-state index contributed by atoms with van der Waals surface area (Å²) in [5.74, 6) is -0.533. The SMILES string of the molecule is CC(C)(C)OOC(=O)c1ccc(N2CCC[C@@]2(CN2CCCC2)N=O)cc1. The Hall–Kier alpha value is -1.99. The van der Waals surface area contributed by atoms with Crippen LogP contribution in [0.15, 0.2) is 29.4 Å². The molecular formula is C20H29N3O4. The summed E-state index contributed by atoms with van der Waals surface area (Å²) in [6, 6.07) is 7.10. The minimum absolute atomic E-state index is 0.409. The molecule has 148 valence electrons. The van der Waals surface area contributed by atoms with Crippen molar-refractivity contribution in [2.24, 2.45) is 5.18 Å². The number of carbonyl (C=O) groups is 1. The highest BCUT2D eigenvalue weighted by atomic mass is 17.2. The van der Waals surface area contributed by atoms with Gasteiger partial charge in [-0.2, -0.15) is 4.89 Å². The van der Waals surface area contributed by atoms with E-state index in [1.165, 1.54) is 12.8 Å². The summed E-state index contributed by atoms with van der Waals surface area (Å²) in [6.07, 6.45) is 4.06. The second-order valence-electron chi connectivity index (χ2n) is 8.43. The minimum Gasteiger partial charge on any atom is -0.343 e. The van der Waals surface area contributed by atoms with Gasteiger partial charge in [-0.25, -0.2) is 4.79 Å². The third-order valence-corrected chi connectivity index (χ3v) is 5.09. The predicted molar refractivity (Wildman–Crippen MR) is 103 cm³/mol. The molecule has 7 heteroatoms. The molecule has 1 aromatic carbocycles. The van der Waals surface area contributed by atoms with Crippen molar-refractivity contribution in [3.63, 3.8) is 0 Å². The van der Waals surface area contributed by atoms with Crippen LogP contribution in [0.5, 0.6) is 0 Å². The zero-order valence-corrected chi connectivity index (χ0v) is 16.4. The number of rotatable bonds is 6. The van der Waals surface area contributed by atoms with Crippen molar-refractivity contribution in [3.8, 4) is 0 Å². The molecule has 2 aliphatic rings. The number of benzene rings is 1. The van der Waals surface area contributed by atoms with Crippen LogP contribution in [0.1, 0.15) is 56.8 Å². The minimum atomic E-state index is -0.721. The van der Waals surface area contributed by atoms with E-state index in [0.717, 1.165) is 38.2 Å². The third kappa shape index (κ3) is 4.65. The zero-order chi connectivity index (χ0) is 19.5. The van der Waals surface area contributed by atoms with Gasteiger partial charge in [-0.3, -0.25) is 9.79 Å². The standard InChI is InChI=1S/C20H29N3O4/c1-19(2,3)27-26-18(24)16-7-9-17(10-8-16)23-14-6-11-20(23,21-25)15-22-12-4-5-13-22/h7-10H,4-6,11-15H2,1-3H3/t20-/m1/s1. The Kier molecular flexibility index (Phi) is 5.81. The van der Waals surface area contributed by atoms with Gasteiger partial charge in [-0.15, -0.1) is 4.91 Å². The molecule has 0 spiro atoms. The van der Waals surface area contributed by atoms with Gasteiger partial charge in [-0.1, -0.05) is 0 Å². The fourth-order valence-corrected chi connectivity index (χ4v) is 3.81. The fraction of sp³-hybridized carbons (Fsp3) is 0.650. The molecule has 0 N–H and O–H groups in total. The Morgan fingerprint density at radius 2 is 1.78 bits per heavy atom. The number of hydrogen-bond acceptors (Lipinski definition) is 7. The summed E-state index contributed by atoms with van der Waals surface area (Å²) >= 11 is 0. The molecular weight excluding hydrogens is 346 g/mol. The maximum Gasteiger partial charge on any atom is 0.373 e. The Morgan fingerprint density at radius 3 is 2.37 bits per heavy atom. The van der Waals surface area contributed by atoms with Gasteiger partial charge >= 0.3 is 5.97 Å². The Bertz CT molecular complexity index is 665. The van der Waals surface area contributed by atoms with E-state index in [4.69, 9.17) is 9.78 Å². The predicted octanol–water partition coefficient (Wildman–Crippen LogP) is 3.73. The summed E-state index contributed by atoms with van der Waals surface area (Å²) in [6.45, 7) is 8.94. The van der Waals surface area contributed by atoms with E-state index < -0.39 is 17.2 Å². The van der Waals surface area contributed by atoms with Crippen LogP contribution >= 0.6 is 0 Å². The van der Waals surface area contributed by atoms with Crippen LogP contribution in [0, 0.1) is 4.91 Å². The van der Waals surface area contributed by atoms with Crippen LogP contribution in [-0.4, -0.2) is 48.3 Å². The summed E-state index contributed by atoms with van der Waals surface area (Å²) in [5, 5.41) is 3.58. The van der Waals surface area contributed by atoms with Gasteiger partial charge < -0.3 is 4.90 Å². The summed E-state index contributed by atoms with van der Waals surface area (Å²) in [4.78, 5) is 38.3. The number of nitroso groups, excluding NO2 is 1. The molecule has 0 aliphatic carbocycles. The molecule has 0 aromatic heterocycles. The first-order chi connectivity index (χ1) is 12.8. The number of hydrogen-bond donors (Lipinski definition) is 0. The van der Waals surface area contributed by atoms with E-state index in [9.17, 15) is 9.70 Å². The van der Waals surface area contributed by atoms with Crippen LogP contribution in [0.4, 0.5) is 5.69 Å². The molecule has 2 saturated heterocycles. The average Bonchev–Trinajstić information content (AvgIpc) is 3.30. The first-order valence-electron chi connectivity index (χ1n) is 9.68. The number of anilines is 1. The van der Waals surface area contributed by atoms with Crippen LogP contribution in [0.25, 0.3) is 0 Å². The van der Waals surface area contributed by atoms with Crippen LogP contribution in [0.3, 0.4) is 0 Å². The van der Waals surface area contributed by atoms with E-state index in [-0.39, 0.29) is 0 Å². The molecule has 27 heavy (non-hydrogen) atoms. The lowest BCUT2D eigenvalue weighted by Gasteiger charge is -2.36. The smallest absolute Gasteiger partial charge is 0.343 e. The highest BCUT2D eigenvalue weighted by Crippen LogP contribution is 2.36. The Morgan fingerprint density at radius 1 is 1.11 bits per heavy atom. The lowest BCUT2D eigenvalue weighted by molar-refractivity contribution is -0.301. The maximum absolute atomic E-state index is 12.1. The molecule has 0 amide bonds. The number of carbonyl (C=O) groups excluding carboxylic acids is 1. The van der Waals surface area contributed by atoms with Gasteiger partial charge in [0.2, 0.25) is 0 Å². The molecule has 0 bridgehead atoms. The van der Waals surface area contributed by atoms with Crippen molar-refractivity contribution >= 4 is 11.7 Å². The van der Waals surface area contributed by atoms with Gasteiger partial charge in [0.05, 0.1) is 5.56 Å². The first-order valence-corrected chi connectivity index (χ1v) is 9.68. The fourth-order valence-electron chi connectivity index (χ4n) is 3.81. The van der Waals surface area contributed by atoms with Crippen LogP contribution < -0.4 is 4.90 Å². The van der Waals surface area contributed by atoms with E-state index in [2.05, 4.69) is 15.0 Å². The lowest BCUT2D eigenvalue weighted by Crippen LogP contribution is -2.50. The largest absolute Gasteiger partial charge is 0.373 e. The van der Waals surface area contributed by atoms with Gasteiger partial charge in [-0.05, 0) is 89.0 Å². The highest BCUT2D eigenvalue weighted by molar-refractivity contribution is 5.89. The van der Waals surface area contributed by atoms with Crippen molar-refractivity contribution in [2.45, 2.75) is 57.7 Å². The molecule has 0 radical (unpaired) electrons. The topological polar surface area (TPSA) is 71.4 Å². The number of likely N-dealkylation sites (tertiary alicyclic amines) is 1. The zero-order valence-electron chi connectivity index (χ0n) is 16.4. The highest BCUT2D eigenvalue weighted by Gasteiger charge is 2.44. The Labute approximate surface area is 160 Å². The van der Waals surface area contributed by atoms with Crippen molar-refractivity contribution in [1.29, 1.82) is 0 Å². The molecule has 7 nitrogen and oxygen atoms in total. The third-order valence-electron chi connectivity index (χ3n) is 5.09. The van der Waals surface area contributed by atoms with E-state index >= 15 is 0 Å². The normalized spacial score (nSPS) is 23.6. The summed E-state index contributed by atoms with van der Waals surface area (Å²) in [5.41, 5.74) is 0.0310. The molecule has 2 aliphatic heterocycles. The van der Waals surface area contributed by atoms with Gasteiger partial charge in [0.1, 0.15) is 5.60 Å². The van der Waals surface area contributed by atoms with Crippen molar-refractivity contribution in [3.05, 3.63) is 34.7 Å². The van der Waals surface area contributed by atoms with Crippen molar-refractivity contribution in [1.82, 2.24) is 4.90 Å². The summed E-state index contributed by atoms with van der Waals surface area (Å²) in [7, 11) is 0. The number of nitrogens with zero attached hydrogens (tertiary/aromatic N) is 3. The van der Waals surface area contributed by atoms with E-state index in [0.29, 0.717) is 12.1 Å². The average molecular weight is 375 g/mol. The van der Waals surface area contributed by atoms with Gasteiger partial charge in [0.25, 0.3) is 0 Å². The van der Waals surface area contributed by atoms with Crippen molar-refractivity contribution < 1.29 is 14.6 Å². The van der Waals surface area contributed by atoms with Crippen molar-refractivity contribution in [2.75, 3.05) is 31.1 Å². The van der Waals surface area contributed by atoms with E-state index in [1.807, 2.05) is 32.9 Å². The Balaban J connectivity index is 1.71. The second kappa shape index (κ2) is 7.94. The van der Waals surface area contributed by atoms with Gasteiger partial charge in [0, 0.05) is 18.8 Å². The molecule has 1 atom stereocenters. The summed E-state index contributed by atoms with van der Waals surface area (Å²) < 4.78 is 0. The quantitative estimate of drug-likeness (QED) is 0.429. The molecule has 0 saturated carbocycles. The maximum atomic E-state index is 12.1. The molecule has 2 fully saturated rings. The second-order valence-corrected chi connectivity index (χ2v) is 8.43. The van der Waals surface area contributed by atoms with E-state index in [1.54, 1.807) is 12.1 Å². The first kappa shape index (κ1) is 19.8. The molecule has 2 heterocycles. The van der Waals surface area contributed by atoms with Crippen LogP contribution in [-0.2, 0) is 9.78 Å².